The first-order valence-corrected chi connectivity index (χ1v) is 9.65. The van der Waals surface area contributed by atoms with Gasteiger partial charge in [0.05, 0.1) is 5.56 Å². The predicted molar refractivity (Wildman–Crippen MR) is 106 cm³/mol. The number of nitrogens with zero attached hydrogens (tertiary/aromatic N) is 6. The Labute approximate surface area is 164 Å². The number of carbonyl (C=O) groups excluding carboxylic acids is 1. The number of likely N-dealkylation sites (N-methyl/N-ethyl adjacent to an activating group) is 1. The van der Waals surface area contributed by atoms with Gasteiger partial charge in [-0.25, -0.2) is 14.4 Å². The molecule has 2 aliphatic rings. The van der Waals surface area contributed by atoms with Crippen molar-refractivity contribution in [3.8, 4) is 0 Å². The molecule has 2 aliphatic heterocycles. The molecule has 7 nitrogen and oxygen atoms in total. The van der Waals surface area contributed by atoms with Crippen molar-refractivity contribution in [1.29, 1.82) is 0 Å². The predicted octanol–water partition coefficient (Wildman–Crippen LogP) is 1.33. The fourth-order valence-electron chi connectivity index (χ4n) is 3.60. The number of halogens is 1. The summed E-state index contributed by atoms with van der Waals surface area (Å²) in [5.74, 6) is 0.409. The summed E-state index contributed by atoms with van der Waals surface area (Å²) in [5.41, 5.74) is 1.50. The molecule has 28 heavy (non-hydrogen) atoms. The molecular weight excluding hydrogens is 359 g/mol. The molecule has 1 aromatic carbocycles. The Morgan fingerprint density at radius 2 is 1.43 bits per heavy atom. The van der Waals surface area contributed by atoms with Crippen LogP contribution in [0.2, 0.25) is 0 Å². The lowest BCUT2D eigenvalue weighted by atomic mass is 10.2. The van der Waals surface area contributed by atoms with Crippen LogP contribution in [0.25, 0.3) is 0 Å². The van der Waals surface area contributed by atoms with Gasteiger partial charge >= 0.3 is 0 Å². The summed E-state index contributed by atoms with van der Waals surface area (Å²) < 4.78 is 13.1. The zero-order valence-corrected chi connectivity index (χ0v) is 16.1. The number of hydrogen-bond donors (Lipinski definition) is 0. The number of piperazine rings is 2. The maximum atomic E-state index is 13.1. The van der Waals surface area contributed by atoms with E-state index in [0.29, 0.717) is 24.6 Å². The van der Waals surface area contributed by atoms with Crippen molar-refractivity contribution in [3.05, 3.63) is 48.0 Å². The number of amides is 1. The van der Waals surface area contributed by atoms with Gasteiger partial charge in [0.2, 0.25) is 5.95 Å². The minimum atomic E-state index is -0.238. The van der Waals surface area contributed by atoms with Crippen molar-refractivity contribution in [2.45, 2.75) is 0 Å². The lowest BCUT2D eigenvalue weighted by Gasteiger charge is -2.36. The molecule has 148 valence electrons. The van der Waals surface area contributed by atoms with Crippen LogP contribution in [0, 0.1) is 5.82 Å². The van der Waals surface area contributed by atoms with Gasteiger partial charge in [0, 0.05) is 70.4 Å². The van der Waals surface area contributed by atoms with Gasteiger partial charge in [0.15, 0.2) is 0 Å². The smallest absolute Gasteiger partial charge is 0.257 e. The topological polar surface area (TPSA) is 55.8 Å². The lowest BCUT2D eigenvalue weighted by molar-refractivity contribution is 0.0746. The Morgan fingerprint density at radius 1 is 0.857 bits per heavy atom. The van der Waals surface area contributed by atoms with Crippen molar-refractivity contribution in [3.63, 3.8) is 0 Å². The first-order valence-electron chi connectivity index (χ1n) is 9.65. The molecule has 0 radical (unpaired) electrons. The molecule has 3 heterocycles. The summed E-state index contributed by atoms with van der Waals surface area (Å²) in [6.07, 6.45) is 3.27. The van der Waals surface area contributed by atoms with Crippen LogP contribution >= 0.6 is 0 Å². The molecule has 0 spiro atoms. The molecule has 1 aromatic heterocycles. The van der Waals surface area contributed by atoms with Gasteiger partial charge in [0.1, 0.15) is 5.82 Å². The van der Waals surface area contributed by atoms with E-state index >= 15 is 0 Å². The molecule has 0 aliphatic carbocycles. The molecule has 0 saturated carbocycles. The van der Waals surface area contributed by atoms with E-state index in [-0.39, 0.29) is 11.7 Å². The number of anilines is 2. The monoisotopic (exact) mass is 384 g/mol. The summed E-state index contributed by atoms with van der Waals surface area (Å²) in [6, 6.07) is 6.48. The van der Waals surface area contributed by atoms with Gasteiger partial charge in [-0.1, -0.05) is 0 Å². The molecular formula is C20H25FN6O. The van der Waals surface area contributed by atoms with Crippen LogP contribution < -0.4 is 9.80 Å². The largest absolute Gasteiger partial charge is 0.368 e. The summed E-state index contributed by atoms with van der Waals surface area (Å²) >= 11 is 0. The van der Waals surface area contributed by atoms with Gasteiger partial charge in [-0.3, -0.25) is 4.79 Å². The summed E-state index contributed by atoms with van der Waals surface area (Å²) in [5, 5.41) is 0. The molecule has 1 amide bonds. The van der Waals surface area contributed by atoms with E-state index in [0.717, 1.165) is 45.0 Å². The third-order valence-corrected chi connectivity index (χ3v) is 5.43. The van der Waals surface area contributed by atoms with Crippen LogP contribution in [-0.2, 0) is 0 Å². The Kier molecular flexibility index (Phi) is 5.38. The Balaban J connectivity index is 1.34. The number of hydrogen-bond acceptors (Lipinski definition) is 6. The molecule has 0 unspecified atom stereocenters. The molecule has 2 fully saturated rings. The highest BCUT2D eigenvalue weighted by molar-refractivity contribution is 5.93. The highest BCUT2D eigenvalue weighted by atomic mass is 19.1. The van der Waals surface area contributed by atoms with E-state index in [1.54, 1.807) is 24.5 Å². The van der Waals surface area contributed by atoms with Crippen LogP contribution in [0.1, 0.15) is 10.4 Å². The van der Waals surface area contributed by atoms with Gasteiger partial charge in [0.25, 0.3) is 5.91 Å². The van der Waals surface area contributed by atoms with E-state index in [9.17, 15) is 9.18 Å². The van der Waals surface area contributed by atoms with Crippen molar-refractivity contribution < 1.29 is 9.18 Å². The highest BCUT2D eigenvalue weighted by Gasteiger charge is 2.23. The fraction of sp³-hybridized carbons (Fsp3) is 0.450. The summed E-state index contributed by atoms with van der Waals surface area (Å²) in [4.78, 5) is 30.0. The maximum absolute atomic E-state index is 13.1. The third kappa shape index (κ3) is 4.06. The Hall–Kier alpha value is -2.74. The van der Waals surface area contributed by atoms with Crippen LogP contribution in [0.15, 0.2) is 36.7 Å². The van der Waals surface area contributed by atoms with E-state index in [2.05, 4.69) is 31.7 Å². The fourth-order valence-corrected chi connectivity index (χ4v) is 3.60. The first-order chi connectivity index (χ1) is 13.6. The van der Waals surface area contributed by atoms with Gasteiger partial charge in [-0.05, 0) is 31.3 Å². The SMILES string of the molecule is CN1CCN(c2ncc(C(=O)N3CCN(c4ccc(F)cc4)CC3)cn2)CC1. The quantitative estimate of drug-likeness (QED) is 0.796. The van der Waals surface area contributed by atoms with Crippen LogP contribution in [-0.4, -0.2) is 85.1 Å². The second kappa shape index (κ2) is 8.10. The molecule has 0 N–H and O–H groups in total. The van der Waals surface area contributed by atoms with Crippen molar-refractivity contribution in [1.82, 2.24) is 19.8 Å². The molecule has 0 atom stereocenters. The highest BCUT2D eigenvalue weighted by Crippen LogP contribution is 2.18. The van der Waals surface area contributed by atoms with Gasteiger partial charge in [-0.15, -0.1) is 0 Å². The van der Waals surface area contributed by atoms with Gasteiger partial charge in [-0.2, -0.15) is 0 Å². The van der Waals surface area contributed by atoms with E-state index < -0.39 is 0 Å². The number of carbonyl (C=O) groups is 1. The lowest BCUT2D eigenvalue weighted by Crippen LogP contribution is -2.49. The molecule has 2 saturated heterocycles. The summed E-state index contributed by atoms with van der Waals surface area (Å²) in [6.45, 7) is 6.46. The molecule has 8 heteroatoms. The minimum absolute atomic E-state index is 0.0383. The van der Waals surface area contributed by atoms with E-state index in [1.807, 2.05) is 4.90 Å². The second-order valence-corrected chi connectivity index (χ2v) is 7.32. The van der Waals surface area contributed by atoms with Crippen molar-refractivity contribution in [2.24, 2.45) is 0 Å². The van der Waals surface area contributed by atoms with Crippen molar-refractivity contribution in [2.75, 3.05) is 69.2 Å². The van der Waals surface area contributed by atoms with Crippen LogP contribution in [0.5, 0.6) is 0 Å². The Bertz CT molecular complexity index is 796. The maximum Gasteiger partial charge on any atom is 0.257 e. The number of benzene rings is 1. The normalized spacial score (nSPS) is 18.4. The standard InChI is InChI=1S/C20H25FN6O/c1-24-6-8-27(9-7-24)20-22-14-16(15-23-20)19(28)26-12-10-25(11-13-26)18-4-2-17(21)3-5-18/h2-5,14-15H,6-13H2,1H3. The second-order valence-electron chi connectivity index (χ2n) is 7.32. The number of rotatable bonds is 3. The Morgan fingerprint density at radius 3 is 2.04 bits per heavy atom. The average Bonchev–Trinajstić information content (AvgIpc) is 2.75. The van der Waals surface area contributed by atoms with Gasteiger partial charge < -0.3 is 19.6 Å². The average molecular weight is 384 g/mol. The minimum Gasteiger partial charge on any atom is -0.368 e. The van der Waals surface area contributed by atoms with E-state index in [4.69, 9.17) is 0 Å². The third-order valence-electron chi connectivity index (χ3n) is 5.43. The molecule has 4 rings (SSSR count). The zero-order chi connectivity index (χ0) is 19.5. The molecule has 0 bridgehead atoms. The van der Waals surface area contributed by atoms with Crippen molar-refractivity contribution >= 4 is 17.5 Å². The first kappa shape index (κ1) is 18.6. The molecule has 2 aromatic rings. The van der Waals surface area contributed by atoms with E-state index in [1.165, 1.54) is 12.1 Å². The zero-order valence-electron chi connectivity index (χ0n) is 16.1. The summed E-state index contributed by atoms with van der Waals surface area (Å²) in [7, 11) is 2.11. The number of aromatic nitrogens is 2. The van der Waals surface area contributed by atoms with Crippen LogP contribution in [0.4, 0.5) is 16.0 Å². The van der Waals surface area contributed by atoms with Crippen LogP contribution in [0.3, 0.4) is 0 Å².